The van der Waals surface area contributed by atoms with Crippen LogP contribution in [0, 0.1) is 0 Å². The van der Waals surface area contributed by atoms with Gasteiger partial charge < -0.3 is 16.2 Å². The third-order valence-corrected chi connectivity index (χ3v) is 4.61. The number of hydrogen-bond acceptors (Lipinski definition) is 6. The molecular weight excluding hydrogens is 310 g/mol. The first kappa shape index (κ1) is 17.4. The highest BCUT2D eigenvalue weighted by Gasteiger charge is 2.23. The Labute approximate surface area is 140 Å². The van der Waals surface area contributed by atoms with Crippen LogP contribution in [0.15, 0.2) is 24.3 Å². The second-order valence-electron chi connectivity index (χ2n) is 5.32. The fourth-order valence-electron chi connectivity index (χ4n) is 2.26. The highest BCUT2D eigenvalue weighted by atomic mass is 32.1. The van der Waals surface area contributed by atoms with Gasteiger partial charge in [-0.3, -0.25) is 0 Å². The van der Waals surface area contributed by atoms with Crippen molar-refractivity contribution in [2.45, 2.75) is 39.2 Å². The molecule has 5 nitrogen and oxygen atoms in total. The van der Waals surface area contributed by atoms with E-state index in [1.165, 1.54) is 11.3 Å². The van der Waals surface area contributed by atoms with Gasteiger partial charge in [-0.05, 0) is 31.0 Å². The number of thiazole rings is 1. The van der Waals surface area contributed by atoms with Crippen molar-refractivity contribution in [3.63, 3.8) is 0 Å². The molecule has 1 aromatic heterocycles. The Morgan fingerprint density at radius 3 is 2.61 bits per heavy atom. The molecule has 0 amide bonds. The van der Waals surface area contributed by atoms with Crippen molar-refractivity contribution < 1.29 is 9.53 Å². The summed E-state index contributed by atoms with van der Waals surface area (Å²) in [6, 6.07) is 6.99. The SMILES string of the molecule is CCCc1nc(C(N)C(=O)OCC)sc1Cc1ccc(N)cc1. The summed E-state index contributed by atoms with van der Waals surface area (Å²) in [7, 11) is 0. The minimum absolute atomic E-state index is 0.317. The fourth-order valence-corrected chi connectivity index (χ4v) is 3.40. The molecule has 1 atom stereocenters. The van der Waals surface area contributed by atoms with E-state index in [1.807, 2.05) is 24.3 Å². The van der Waals surface area contributed by atoms with Gasteiger partial charge in [0.15, 0.2) is 6.04 Å². The van der Waals surface area contributed by atoms with E-state index in [4.69, 9.17) is 16.2 Å². The van der Waals surface area contributed by atoms with Crippen LogP contribution in [0.2, 0.25) is 0 Å². The second kappa shape index (κ2) is 8.08. The lowest BCUT2D eigenvalue weighted by Gasteiger charge is -2.06. The number of nitrogens with zero attached hydrogens (tertiary/aromatic N) is 1. The van der Waals surface area contributed by atoms with Gasteiger partial charge in [-0.2, -0.15) is 0 Å². The van der Waals surface area contributed by atoms with E-state index in [9.17, 15) is 4.79 Å². The number of benzene rings is 1. The number of carbonyl (C=O) groups excluding carboxylic acids is 1. The molecule has 2 rings (SSSR count). The second-order valence-corrected chi connectivity index (χ2v) is 6.44. The molecule has 2 aromatic rings. The third-order valence-electron chi connectivity index (χ3n) is 3.43. The molecule has 1 heterocycles. The summed E-state index contributed by atoms with van der Waals surface area (Å²) in [5, 5.41) is 0.623. The van der Waals surface area contributed by atoms with Crippen LogP contribution in [0.1, 0.15) is 47.5 Å². The number of hydrogen-bond donors (Lipinski definition) is 2. The van der Waals surface area contributed by atoms with Crippen LogP contribution in [0.5, 0.6) is 0 Å². The molecule has 1 aromatic carbocycles. The zero-order chi connectivity index (χ0) is 16.8. The van der Waals surface area contributed by atoms with Gasteiger partial charge in [0.1, 0.15) is 5.01 Å². The Hall–Kier alpha value is -1.92. The molecule has 0 saturated carbocycles. The summed E-state index contributed by atoms with van der Waals surface area (Å²) >= 11 is 1.49. The highest BCUT2D eigenvalue weighted by molar-refractivity contribution is 7.12. The van der Waals surface area contributed by atoms with Crippen molar-refractivity contribution in [1.82, 2.24) is 4.98 Å². The maximum atomic E-state index is 11.8. The number of aryl methyl sites for hydroxylation is 1. The molecule has 0 fully saturated rings. The molecule has 0 aliphatic rings. The molecule has 124 valence electrons. The number of aromatic nitrogens is 1. The molecule has 6 heteroatoms. The molecule has 0 bridgehead atoms. The normalized spacial score (nSPS) is 12.1. The van der Waals surface area contributed by atoms with E-state index in [0.717, 1.165) is 41.1 Å². The van der Waals surface area contributed by atoms with Crippen molar-refractivity contribution in [1.29, 1.82) is 0 Å². The van der Waals surface area contributed by atoms with E-state index in [-0.39, 0.29) is 0 Å². The zero-order valence-corrected chi connectivity index (χ0v) is 14.4. The van der Waals surface area contributed by atoms with Crippen LogP contribution in [0.4, 0.5) is 5.69 Å². The first-order valence-electron chi connectivity index (χ1n) is 7.80. The van der Waals surface area contributed by atoms with Crippen LogP contribution >= 0.6 is 11.3 Å². The molecule has 0 radical (unpaired) electrons. The third kappa shape index (κ3) is 4.53. The monoisotopic (exact) mass is 333 g/mol. The molecule has 0 spiro atoms. The lowest BCUT2D eigenvalue weighted by Crippen LogP contribution is -2.23. The maximum absolute atomic E-state index is 11.8. The smallest absolute Gasteiger partial charge is 0.330 e. The first-order chi connectivity index (χ1) is 11.0. The minimum atomic E-state index is -0.810. The van der Waals surface area contributed by atoms with Gasteiger partial charge in [-0.25, -0.2) is 9.78 Å². The van der Waals surface area contributed by atoms with Crippen molar-refractivity contribution in [2.75, 3.05) is 12.3 Å². The molecular formula is C17H23N3O2S. The molecule has 23 heavy (non-hydrogen) atoms. The van der Waals surface area contributed by atoms with Gasteiger partial charge in [0.25, 0.3) is 0 Å². The van der Waals surface area contributed by atoms with E-state index in [1.54, 1.807) is 6.92 Å². The lowest BCUT2D eigenvalue weighted by atomic mass is 10.1. The summed E-state index contributed by atoms with van der Waals surface area (Å²) in [6.45, 7) is 4.19. The van der Waals surface area contributed by atoms with Crippen molar-refractivity contribution in [3.05, 3.63) is 45.4 Å². The van der Waals surface area contributed by atoms with Crippen molar-refractivity contribution in [2.24, 2.45) is 5.73 Å². The van der Waals surface area contributed by atoms with Crippen LogP contribution < -0.4 is 11.5 Å². The summed E-state index contributed by atoms with van der Waals surface area (Å²) in [4.78, 5) is 17.6. The summed E-state index contributed by atoms with van der Waals surface area (Å²) < 4.78 is 4.99. The van der Waals surface area contributed by atoms with Gasteiger partial charge in [0, 0.05) is 17.0 Å². The number of nitrogens with two attached hydrogens (primary N) is 2. The number of nitrogen functional groups attached to an aromatic ring is 1. The molecule has 0 saturated heterocycles. The molecule has 0 aliphatic heterocycles. The van der Waals surface area contributed by atoms with E-state index < -0.39 is 12.0 Å². The van der Waals surface area contributed by atoms with Gasteiger partial charge in [-0.1, -0.05) is 25.5 Å². The predicted octanol–water partition coefficient (Wildman–Crippen LogP) is 2.83. The van der Waals surface area contributed by atoms with E-state index in [0.29, 0.717) is 11.6 Å². The number of ether oxygens (including phenoxy) is 1. The lowest BCUT2D eigenvalue weighted by molar-refractivity contribution is -0.144. The largest absolute Gasteiger partial charge is 0.465 e. The average Bonchev–Trinajstić information content (AvgIpc) is 2.92. The van der Waals surface area contributed by atoms with Gasteiger partial charge in [0.05, 0.1) is 12.3 Å². The van der Waals surface area contributed by atoms with Crippen molar-refractivity contribution in [3.8, 4) is 0 Å². The topological polar surface area (TPSA) is 91.2 Å². The first-order valence-corrected chi connectivity index (χ1v) is 8.61. The Morgan fingerprint density at radius 2 is 2.00 bits per heavy atom. The number of esters is 1. The number of carbonyl (C=O) groups is 1. The Balaban J connectivity index is 2.23. The summed E-state index contributed by atoms with van der Waals surface area (Å²) in [5.41, 5.74) is 14.6. The van der Waals surface area contributed by atoms with E-state index >= 15 is 0 Å². The van der Waals surface area contributed by atoms with Gasteiger partial charge in [-0.15, -0.1) is 11.3 Å². The number of anilines is 1. The summed E-state index contributed by atoms with van der Waals surface area (Å²) in [5.74, 6) is -0.427. The Kier molecular flexibility index (Phi) is 6.12. The van der Waals surface area contributed by atoms with Crippen LogP contribution in [-0.2, 0) is 22.4 Å². The Morgan fingerprint density at radius 1 is 1.30 bits per heavy atom. The maximum Gasteiger partial charge on any atom is 0.330 e. The molecule has 0 aliphatic carbocycles. The zero-order valence-electron chi connectivity index (χ0n) is 13.5. The van der Waals surface area contributed by atoms with Crippen LogP contribution in [0.3, 0.4) is 0 Å². The van der Waals surface area contributed by atoms with Gasteiger partial charge in [0.2, 0.25) is 0 Å². The van der Waals surface area contributed by atoms with Crippen LogP contribution in [-0.4, -0.2) is 17.6 Å². The molecule has 1 unspecified atom stereocenters. The standard InChI is InChI=1S/C17H23N3O2S/c1-3-5-13-14(10-11-6-8-12(18)9-7-11)23-16(20-13)15(19)17(21)22-4-2/h6-9,15H,3-5,10,18-19H2,1-2H3. The molecule has 4 N–H and O–H groups in total. The van der Waals surface area contributed by atoms with E-state index in [2.05, 4.69) is 11.9 Å². The van der Waals surface area contributed by atoms with Crippen LogP contribution in [0.25, 0.3) is 0 Å². The predicted molar refractivity (Wildman–Crippen MR) is 93.3 cm³/mol. The summed E-state index contributed by atoms with van der Waals surface area (Å²) in [6.07, 6.45) is 2.63. The van der Waals surface area contributed by atoms with Gasteiger partial charge >= 0.3 is 5.97 Å². The highest BCUT2D eigenvalue weighted by Crippen LogP contribution is 2.27. The number of rotatable bonds is 7. The Bertz CT molecular complexity index is 652. The minimum Gasteiger partial charge on any atom is -0.465 e. The quantitative estimate of drug-likeness (QED) is 0.600. The average molecular weight is 333 g/mol. The fraction of sp³-hybridized carbons (Fsp3) is 0.412. The van der Waals surface area contributed by atoms with Crippen molar-refractivity contribution >= 4 is 23.0 Å².